The van der Waals surface area contributed by atoms with Gasteiger partial charge in [0, 0.05) is 18.8 Å². The SMILES string of the molecule is COc1ccc(N([C@@H](C)C(=O)Nc2ccc3c(c2)sc(=O)n3C)S(C)(=O)=O)cc1OC. The van der Waals surface area contributed by atoms with Gasteiger partial charge in [-0.05, 0) is 37.3 Å². The van der Waals surface area contributed by atoms with Crippen LogP contribution in [-0.4, -0.2) is 45.4 Å². The number of hydrogen-bond acceptors (Lipinski definition) is 7. The van der Waals surface area contributed by atoms with Crippen molar-refractivity contribution in [3.05, 3.63) is 46.1 Å². The zero-order valence-corrected chi connectivity index (χ0v) is 19.3. The van der Waals surface area contributed by atoms with E-state index in [1.54, 1.807) is 37.4 Å². The van der Waals surface area contributed by atoms with E-state index in [9.17, 15) is 18.0 Å². The van der Waals surface area contributed by atoms with E-state index in [1.165, 1.54) is 31.8 Å². The Morgan fingerprint density at radius 1 is 1.13 bits per heavy atom. The number of nitrogens with one attached hydrogen (secondary N) is 1. The van der Waals surface area contributed by atoms with Gasteiger partial charge in [0.2, 0.25) is 15.9 Å². The van der Waals surface area contributed by atoms with Gasteiger partial charge in [0.15, 0.2) is 11.5 Å². The molecule has 1 aromatic heterocycles. The number of rotatable bonds is 7. The van der Waals surface area contributed by atoms with Crippen LogP contribution in [0.15, 0.2) is 41.2 Å². The van der Waals surface area contributed by atoms with Crippen molar-refractivity contribution in [3.63, 3.8) is 0 Å². The van der Waals surface area contributed by atoms with Crippen molar-refractivity contribution in [1.29, 1.82) is 0 Å². The molecule has 0 saturated heterocycles. The molecule has 0 fully saturated rings. The largest absolute Gasteiger partial charge is 0.493 e. The van der Waals surface area contributed by atoms with E-state index in [4.69, 9.17) is 9.47 Å². The monoisotopic (exact) mass is 465 g/mol. The van der Waals surface area contributed by atoms with Crippen LogP contribution in [0.4, 0.5) is 11.4 Å². The third-order valence-electron chi connectivity index (χ3n) is 4.77. The summed E-state index contributed by atoms with van der Waals surface area (Å²) in [5.41, 5.74) is 1.48. The molecule has 1 atom stereocenters. The molecule has 3 aromatic rings. The van der Waals surface area contributed by atoms with Gasteiger partial charge in [-0.25, -0.2) is 8.42 Å². The molecule has 31 heavy (non-hydrogen) atoms. The number of carbonyl (C=O) groups excluding carboxylic acids is 1. The first-order valence-corrected chi connectivity index (χ1v) is 11.8. The van der Waals surface area contributed by atoms with Crippen molar-refractivity contribution in [2.24, 2.45) is 7.05 Å². The summed E-state index contributed by atoms with van der Waals surface area (Å²) in [6.45, 7) is 1.49. The van der Waals surface area contributed by atoms with E-state index >= 15 is 0 Å². The summed E-state index contributed by atoms with van der Waals surface area (Å²) in [5.74, 6) is 0.250. The first-order valence-electron chi connectivity index (χ1n) is 9.18. The summed E-state index contributed by atoms with van der Waals surface area (Å²) >= 11 is 1.07. The highest BCUT2D eigenvalue weighted by Crippen LogP contribution is 2.33. The van der Waals surface area contributed by atoms with Crippen molar-refractivity contribution in [1.82, 2.24) is 4.57 Å². The Kier molecular flexibility index (Phi) is 6.27. The van der Waals surface area contributed by atoms with Gasteiger partial charge in [0.05, 0.1) is 36.4 Å². The van der Waals surface area contributed by atoms with Crippen LogP contribution >= 0.6 is 11.3 Å². The van der Waals surface area contributed by atoms with Crippen LogP contribution in [0.2, 0.25) is 0 Å². The molecule has 0 unspecified atom stereocenters. The third-order valence-corrected chi connectivity index (χ3v) is 7.01. The molecule has 0 aliphatic heterocycles. The van der Waals surface area contributed by atoms with Gasteiger partial charge in [0.1, 0.15) is 6.04 Å². The van der Waals surface area contributed by atoms with Gasteiger partial charge in [-0.1, -0.05) is 11.3 Å². The summed E-state index contributed by atoms with van der Waals surface area (Å²) in [7, 11) is 0.788. The number of thiazole rings is 1. The predicted octanol–water partition coefficient (Wildman–Crippen LogP) is 2.41. The number of carbonyl (C=O) groups is 1. The number of hydrogen-bond donors (Lipinski definition) is 1. The smallest absolute Gasteiger partial charge is 0.307 e. The maximum atomic E-state index is 12.9. The second-order valence-electron chi connectivity index (χ2n) is 6.87. The highest BCUT2D eigenvalue weighted by molar-refractivity contribution is 7.92. The summed E-state index contributed by atoms with van der Waals surface area (Å²) in [6.07, 6.45) is 1.03. The average Bonchev–Trinajstić information content (AvgIpc) is 2.99. The van der Waals surface area contributed by atoms with Crippen molar-refractivity contribution in [3.8, 4) is 11.5 Å². The summed E-state index contributed by atoms with van der Waals surface area (Å²) in [4.78, 5) is 24.7. The standard InChI is InChI=1S/C20H23N3O6S2/c1-12(19(24)21-13-6-8-15-18(10-13)30-20(25)22(15)2)23(31(5,26)27)14-7-9-16(28-3)17(11-14)29-4/h6-12H,1-5H3,(H,21,24)/t12-/m0/s1. The molecule has 2 aromatic carbocycles. The second kappa shape index (κ2) is 8.60. The van der Waals surface area contributed by atoms with E-state index in [2.05, 4.69) is 5.32 Å². The maximum Gasteiger partial charge on any atom is 0.307 e. The number of amides is 1. The molecular weight excluding hydrogens is 442 g/mol. The lowest BCUT2D eigenvalue weighted by molar-refractivity contribution is -0.116. The molecule has 3 rings (SSSR count). The van der Waals surface area contributed by atoms with Crippen molar-refractivity contribution < 1.29 is 22.7 Å². The van der Waals surface area contributed by atoms with Crippen LogP contribution in [-0.2, 0) is 21.9 Å². The van der Waals surface area contributed by atoms with E-state index in [-0.39, 0.29) is 10.6 Å². The van der Waals surface area contributed by atoms with Gasteiger partial charge >= 0.3 is 4.87 Å². The molecule has 0 spiro atoms. The van der Waals surface area contributed by atoms with Crippen LogP contribution in [0.5, 0.6) is 11.5 Å². The van der Waals surface area contributed by atoms with Crippen LogP contribution in [0.1, 0.15) is 6.92 Å². The molecule has 11 heteroatoms. The van der Waals surface area contributed by atoms with Gasteiger partial charge in [-0.15, -0.1) is 0 Å². The Morgan fingerprint density at radius 3 is 2.42 bits per heavy atom. The number of aromatic nitrogens is 1. The Morgan fingerprint density at radius 2 is 1.81 bits per heavy atom. The minimum absolute atomic E-state index is 0.108. The second-order valence-corrected chi connectivity index (χ2v) is 9.73. The van der Waals surface area contributed by atoms with Crippen molar-refractivity contribution in [2.75, 3.05) is 30.1 Å². The van der Waals surface area contributed by atoms with E-state index in [0.29, 0.717) is 17.2 Å². The number of fused-ring (bicyclic) bond motifs is 1. The molecule has 0 radical (unpaired) electrons. The minimum atomic E-state index is -3.80. The summed E-state index contributed by atoms with van der Waals surface area (Å²) in [6, 6.07) is 8.64. The van der Waals surface area contributed by atoms with Crippen LogP contribution < -0.4 is 24.0 Å². The highest BCUT2D eigenvalue weighted by Gasteiger charge is 2.30. The van der Waals surface area contributed by atoms with Gasteiger partial charge in [-0.3, -0.25) is 13.9 Å². The number of sulfonamides is 1. The fraction of sp³-hybridized carbons (Fsp3) is 0.300. The first-order chi connectivity index (χ1) is 14.6. The Balaban J connectivity index is 1.92. The van der Waals surface area contributed by atoms with Crippen molar-refractivity contribution >= 4 is 48.9 Å². The van der Waals surface area contributed by atoms with E-state index < -0.39 is 22.0 Å². The molecule has 166 valence electrons. The molecule has 1 N–H and O–H groups in total. The number of methoxy groups -OCH3 is 2. The molecule has 0 bridgehead atoms. The van der Waals surface area contributed by atoms with E-state index in [1.807, 2.05) is 0 Å². The number of nitrogens with zero attached hydrogens (tertiary/aromatic N) is 2. The topological polar surface area (TPSA) is 107 Å². The third kappa shape index (κ3) is 4.52. The lowest BCUT2D eigenvalue weighted by Crippen LogP contribution is -2.45. The zero-order valence-electron chi connectivity index (χ0n) is 17.7. The molecular formula is C20H23N3O6S2. The van der Waals surface area contributed by atoms with Crippen LogP contribution in [0, 0.1) is 0 Å². The maximum absolute atomic E-state index is 12.9. The Bertz CT molecular complexity index is 1300. The average molecular weight is 466 g/mol. The molecule has 1 heterocycles. The number of aryl methyl sites for hydroxylation is 1. The normalized spacial score (nSPS) is 12.4. The van der Waals surface area contributed by atoms with Gasteiger partial charge in [0.25, 0.3) is 0 Å². The lowest BCUT2D eigenvalue weighted by Gasteiger charge is -2.28. The van der Waals surface area contributed by atoms with Gasteiger partial charge in [-0.2, -0.15) is 0 Å². The summed E-state index contributed by atoms with van der Waals surface area (Å²) < 4.78 is 38.8. The molecule has 1 amide bonds. The minimum Gasteiger partial charge on any atom is -0.493 e. The Labute approximate surface area is 183 Å². The highest BCUT2D eigenvalue weighted by atomic mass is 32.2. The fourth-order valence-corrected chi connectivity index (χ4v) is 5.31. The number of anilines is 2. The first kappa shape index (κ1) is 22.6. The lowest BCUT2D eigenvalue weighted by atomic mass is 10.2. The summed E-state index contributed by atoms with van der Waals surface area (Å²) in [5, 5.41) is 2.73. The molecule has 0 saturated carbocycles. The van der Waals surface area contributed by atoms with E-state index in [0.717, 1.165) is 32.1 Å². The zero-order chi connectivity index (χ0) is 22.9. The Hall–Kier alpha value is -3.05. The van der Waals surface area contributed by atoms with Crippen LogP contribution in [0.3, 0.4) is 0 Å². The predicted molar refractivity (Wildman–Crippen MR) is 122 cm³/mol. The quantitative estimate of drug-likeness (QED) is 0.574. The molecule has 0 aliphatic carbocycles. The van der Waals surface area contributed by atoms with Crippen LogP contribution in [0.25, 0.3) is 10.2 Å². The van der Waals surface area contributed by atoms with Gasteiger partial charge < -0.3 is 19.4 Å². The number of benzene rings is 2. The number of ether oxygens (including phenoxy) is 2. The fourth-order valence-electron chi connectivity index (χ4n) is 3.23. The molecule has 9 nitrogen and oxygen atoms in total. The molecule has 0 aliphatic rings. The van der Waals surface area contributed by atoms with Crippen molar-refractivity contribution in [2.45, 2.75) is 13.0 Å².